The van der Waals surface area contributed by atoms with Crippen molar-refractivity contribution < 1.29 is 9.53 Å². The van der Waals surface area contributed by atoms with Crippen LogP contribution in [-0.2, 0) is 11.3 Å². The molecule has 0 fully saturated rings. The number of amides is 1. The zero-order chi connectivity index (χ0) is 20.9. The van der Waals surface area contributed by atoms with Crippen molar-refractivity contribution in [2.24, 2.45) is 0 Å². The van der Waals surface area contributed by atoms with Crippen LogP contribution in [-0.4, -0.2) is 27.8 Å². The predicted octanol–water partition coefficient (Wildman–Crippen LogP) is 3.93. The number of benzene rings is 2. The molecule has 1 aliphatic heterocycles. The molecule has 0 saturated heterocycles. The first-order valence-electron chi connectivity index (χ1n) is 10.3. The van der Waals surface area contributed by atoms with Crippen molar-refractivity contribution in [2.75, 3.05) is 12.4 Å². The minimum Gasteiger partial charge on any atom is -0.493 e. The molecule has 1 aromatic heterocycles. The van der Waals surface area contributed by atoms with Gasteiger partial charge in [-0.1, -0.05) is 55.4 Å². The van der Waals surface area contributed by atoms with Crippen LogP contribution in [0.3, 0.4) is 0 Å². The van der Waals surface area contributed by atoms with Gasteiger partial charge in [-0.2, -0.15) is 0 Å². The zero-order valence-corrected chi connectivity index (χ0v) is 17.8. The molecule has 1 unspecified atom stereocenters. The summed E-state index contributed by atoms with van der Waals surface area (Å²) in [5.41, 5.74) is 1.62. The first-order valence-corrected chi connectivity index (χ1v) is 11.3. The quantitative estimate of drug-likeness (QED) is 0.460. The summed E-state index contributed by atoms with van der Waals surface area (Å²) < 4.78 is 7.37. The number of carbonyl (C=O) groups is 1. The van der Waals surface area contributed by atoms with Crippen LogP contribution in [0.1, 0.15) is 37.8 Å². The van der Waals surface area contributed by atoms with E-state index in [0.717, 1.165) is 30.6 Å². The van der Waals surface area contributed by atoms with Gasteiger partial charge in [0.25, 0.3) is 5.56 Å². The second-order valence-electron chi connectivity index (χ2n) is 7.31. The van der Waals surface area contributed by atoms with E-state index in [1.54, 1.807) is 10.6 Å². The maximum atomic E-state index is 12.9. The number of nitrogens with one attached hydrogen (secondary N) is 1. The summed E-state index contributed by atoms with van der Waals surface area (Å²) >= 11 is 1.31. The number of para-hydroxylation sites is 2. The smallest absolute Gasteiger partial charge is 0.262 e. The maximum Gasteiger partial charge on any atom is 0.262 e. The fourth-order valence-electron chi connectivity index (χ4n) is 3.63. The largest absolute Gasteiger partial charge is 0.493 e. The predicted molar refractivity (Wildman–Crippen MR) is 119 cm³/mol. The van der Waals surface area contributed by atoms with Gasteiger partial charge in [0, 0.05) is 18.5 Å². The molecule has 0 bridgehead atoms. The van der Waals surface area contributed by atoms with E-state index >= 15 is 0 Å². The molecule has 7 heteroatoms. The van der Waals surface area contributed by atoms with E-state index in [2.05, 4.69) is 17.2 Å². The molecule has 156 valence electrons. The summed E-state index contributed by atoms with van der Waals surface area (Å²) in [5.74, 6) is 0.952. The van der Waals surface area contributed by atoms with Crippen molar-refractivity contribution >= 4 is 28.6 Å². The fraction of sp³-hybridized carbons (Fsp3) is 0.348. The van der Waals surface area contributed by atoms with Crippen molar-refractivity contribution in [3.05, 3.63) is 64.4 Å². The van der Waals surface area contributed by atoms with Crippen LogP contribution in [0.25, 0.3) is 10.9 Å². The number of aromatic nitrogens is 2. The van der Waals surface area contributed by atoms with Crippen LogP contribution in [0.4, 0.5) is 0 Å². The second-order valence-corrected chi connectivity index (χ2v) is 8.25. The van der Waals surface area contributed by atoms with E-state index in [0.29, 0.717) is 29.2 Å². The van der Waals surface area contributed by atoms with E-state index in [1.807, 2.05) is 42.5 Å². The van der Waals surface area contributed by atoms with Crippen LogP contribution in [0, 0.1) is 0 Å². The number of thioether (sulfide) groups is 1. The van der Waals surface area contributed by atoms with Gasteiger partial charge in [-0.05, 0) is 24.6 Å². The molecule has 1 aliphatic rings. The Morgan fingerprint density at radius 1 is 1.23 bits per heavy atom. The Balaban J connectivity index is 1.50. The zero-order valence-electron chi connectivity index (χ0n) is 17.0. The van der Waals surface area contributed by atoms with Crippen molar-refractivity contribution in [3.8, 4) is 5.75 Å². The molecule has 1 atom stereocenters. The average molecular weight is 424 g/mol. The molecule has 2 heterocycles. The van der Waals surface area contributed by atoms with Gasteiger partial charge < -0.3 is 10.1 Å². The lowest BCUT2D eigenvalue weighted by molar-refractivity contribution is -0.119. The maximum absolute atomic E-state index is 12.9. The molecule has 6 nitrogen and oxygen atoms in total. The molecule has 0 aliphatic carbocycles. The van der Waals surface area contributed by atoms with Crippen LogP contribution in [0.15, 0.2) is 58.5 Å². The third kappa shape index (κ3) is 4.36. The van der Waals surface area contributed by atoms with Crippen molar-refractivity contribution in [1.82, 2.24) is 14.9 Å². The highest BCUT2D eigenvalue weighted by Crippen LogP contribution is 2.31. The van der Waals surface area contributed by atoms with Gasteiger partial charge in [0.15, 0.2) is 5.16 Å². The first kappa shape index (κ1) is 20.5. The summed E-state index contributed by atoms with van der Waals surface area (Å²) in [5, 5.41) is 4.31. The molecule has 0 saturated carbocycles. The molecule has 0 spiro atoms. The van der Waals surface area contributed by atoms with Gasteiger partial charge in [-0.25, -0.2) is 4.98 Å². The third-order valence-corrected chi connectivity index (χ3v) is 6.16. The van der Waals surface area contributed by atoms with E-state index in [9.17, 15) is 9.59 Å². The Labute approximate surface area is 179 Å². The molecular weight excluding hydrogens is 398 g/mol. The number of ether oxygens (including phenoxy) is 1. The minimum atomic E-state index is -0.0776. The monoisotopic (exact) mass is 423 g/mol. The summed E-state index contributed by atoms with van der Waals surface area (Å²) in [6, 6.07) is 15.1. The minimum absolute atomic E-state index is 0.0460. The highest BCUT2D eigenvalue weighted by atomic mass is 32.2. The highest BCUT2D eigenvalue weighted by molar-refractivity contribution is 7.99. The number of rotatable bonds is 7. The van der Waals surface area contributed by atoms with Crippen molar-refractivity contribution in [1.29, 1.82) is 0 Å². The van der Waals surface area contributed by atoms with Gasteiger partial charge in [0.1, 0.15) is 5.75 Å². The molecular formula is C23H25N3O3S. The Kier molecular flexibility index (Phi) is 6.38. The van der Waals surface area contributed by atoms with Gasteiger partial charge >= 0.3 is 0 Å². The molecule has 30 heavy (non-hydrogen) atoms. The Hall–Kier alpha value is -2.80. The van der Waals surface area contributed by atoms with Gasteiger partial charge in [-0.15, -0.1) is 0 Å². The summed E-state index contributed by atoms with van der Waals surface area (Å²) in [4.78, 5) is 30.3. The van der Waals surface area contributed by atoms with E-state index in [1.165, 1.54) is 11.8 Å². The lowest BCUT2D eigenvalue weighted by Gasteiger charge is -2.26. The topological polar surface area (TPSA) is 73.2 Å². The summed E-state index contributed by atoms with van der Waals surface area (Å²) in [6.45, 7) is 3.27. The number of hydrogen-bond acceptors (Lipinski definition) is 5. The number of unbranched alkanes of at least 4 members (excludes halogenated alkanes) is 1. The second kappa shape index (κ2) is 9.34. The lowest BCUT2D eigenvalue weighted by atomic mass is 10.0. The Bertz CT molecular complexity index is 1110. The van der Waals surface area contributed by atoms with Gasteiger partial charge in [-0.3, -0.25) is 14.2 Å². The number of hydrogen-bond donors (Lipinski definition) is 1. The van der Waals surface area contributed by atoms with Crippen LogP contribution >= 0.6 is 11.8 Å². The Morgan fingerprint density at radius 3 is 2.90 bits per heavy atom. The van der Waals surface area contributed by atoms with E-state index in [-0.39, 0.29) is 23.3 Å². The average Bonchev–Trinajstić information content (AvgIpc) is 2.77. The standard InChI is InChI=1S/C23H25N3O3S/c1-2-3-13-26-22(28)17-9-4-6-10-18(17)25-23(26)30-15-21(27)24-19-12-14-29-20-11-7-5-8-16(19)20/h4-11,19H,2-3,12-15H2,1H3,(H,24,27). The fourth-order valence-corrected chi connectivity index (χ4v) is 4.47. The molecule has 2 aromatic carbocycles. The highest BCUT2D eigenvalue weighted by Gasteiger charge is 2.23. The van der Waals surface area contributed by atoms with Crippen LogP contribution < -0.4 is 15.6 Å². The summed E-state index contributed by atoms with van der Waals surface area (Å²) in [7, 11) is 0. The van der Waals surface area contributed by atoms with Crippen molar-refractivity contribution in [3.63, 3.8) is 0 Å². The van der Waals surface area contributed by atoms with Gasteiger partial charge in [0.2, 0.25) is 5.91 Å². The van der Waals surface area contributed by atoms with E-state index < -0.39 is 0 Å². The lowest BCUT2D eigenvalue weighted by Crippen LogP contribution is -2.33. The van der Waals surface area contributed by atoms with Crippen molar-refractivity contribution in [2.45, 2.75) is 43.9 Å². The van der Waals surface area contributed by atoms with Gasteiger partial charge in [0.05, 0.1) is 29.3 Å². The number of nitrogens with zero attached hydrogens (tertiary/aromatic N) is 2. The first-order chi connectivity index (χ1) is 14.7. The molecule has 0 radical (unpaired) electrons. The normalized spacial score (nSPS) is 15.4. The number of fused-ring (bicyclic) bond motifs is 2. The van der Waals surface area contributed by atoms with Crippen LogP contribution in [0.2, 0.25) is 0 Å². The molecule has 3 aromatic rings. The summed E-state index contributed by atoms with van der Waals surface area (Å²) in [6.07, 6.45) is 2.61. The Morgan fingerprint density at radius 2 is 2.03 bits per heavy atom. The third-order valence-electron chi connectivity index (χ3n) is 5.19. The molecule has 1 N–H and O–H groups in total. The molecule has 1 amide bonds. The molecule has 4 rings (SSSR count). The number of carbonyl (C=O) groups excluding carboxylic acids is 1. The van der Waals surface area contributed by atoms with Crippen LogP contribution in [0.5, 0.6) is 5.75 Å². The van der Waals surface area contributed by atoms with E-state index in [4.69, 9.17) is 4.74 Å². The SMILES string of the molecule is CCCCn1c(SCC(=O)NC2CCOc3ccccc32)nc2ccccc2c1=O.